The monoisotopic (exact) mass is 260 g/mol. The summed E-state index contributed by atoms with van der Waals surface area (Å²) >= 11 is 0. The number of hydrogen-bond donors (Lipinski definition) is 1. The summed E-state index contributed by atoms with van der Waals surface area (Å²) in [6.45, 7) is 7.21. The highest BCUT2D eigenvalue weighted by atomic mass is 16.9. The summed E-state index contributed by atoms with van der Waals surface area (Å²) in [6, 6.07) is 0. The molecule has 0 radical (unpaired) electrons. The molecule has 3 fully saturated rings. The number of hydrogen-bond acceptors (Lipinski definition) is 6. The Morgan fingerprint density at radius 3 is 2.11 bits per heavy atom. The molecular weight excluding hydrogens is 240 g/mol. The van der Waals surface area contributed by atoms with E-state index in [9.17, 15) is 5.11 Å². The zero-order valence-corrected chi connectivity index (χ0v) is 11.1. The quantitative estimate of drug-likeness (QED) is 0.735. The molecule has 5 unspecified atom stereocenters. The van der Waals surface area contributed by atoms with E-state index in [2.05, 4.69) is 0 Å². The van der Waals surface area contributed by atoms with Gasteiger partial charge in [-0.05, 0) is 27.7 Å². The SMILES string of the molecule is CC1(C)OC2OC3C(CO)OC(C)(C)OC3C2O1. The van der Waals surface area contributed by atoms with Crippen LogP contribution in [0.15, 0.2) is 0 Å². The molecule has 0 spiro atoms. The van der Waals surface area contributed by atoms with E-state index in [1.165, 1.54) is 0 Å². The molecule has 0 saturated carbocycles. The predicted octanol–water partition coefficient (Wildman–Crippen LogP) is 0.375. The van der Waals surface area contributed by atoms with Crippen molar-refractivity contribution in [3.8, 4) is 0 Å². The van der Waals surface area contributed by atoms with Gasteiger partial charge in [-0.3, -0.25) is 0 Å². The van der Waals surface area contributed by atoms with E-state index in [-0.39, 0.29) is 24.9 Å². The van der Waals surface area contributed by atoms with Gasteiger partial charge in [0.25, 0.3) is 0 Å². The first-order valence-corrected chi connectivity index (χ1v) is 6.29. The third-order valence-corrected chi connectivity index (χ3v) is 3.43. The molecule has 5 atom stereocenters. The lowest BCUT2D eigenvalue weighted by atomic mass is 10.0. The summed E-state index contributed by atoms with van der Waals surface area (Å²) < 4.78 is 28.8. The van der Waals surface area contributed by atoms with Gasteiger partial charge in [-0.1, -0.05) is 0 Å². The molecule has 3 aliphatic heterocycles. The molecule has 0 aromatic carbocycles. The molecule has 104 valence electrons. The lowest BCUT2D eigenvalue weighted by Crippen LogP contribution is -2.56. The van der Waals surface area contributed by atoms with Crippen molar-refractivity contribution in [2.45, 2.75) is 70.0 Å². The van der Waals surface area contributed by atoms with Crippen LogP contribution < -0.4 is 0 Å². The summed E-state index contributed by atoms with van der Waals surface area (Å²) in [5.74, 6) is -1.43. The van der Waals surface area contributed by atoms with Crippen LogP contribution in [-0.4, -0.2) is 54.0 Å². The van der Waals surface area contributed by atoms with Crippen molar-refractivity contribution < 1.29 is 28.8 Å². The van der Waals surface area contributed by atoms with Crippen LogP contribution in [0.1, 0.15) is 27.7 Å². The molecule has 6 nitrogen and oxygen atoms in total. The van der Waals surface area contributed by atoms with Gasteiger partial charge in [-0.15, -0.1) is 0 Å². The van der Waals surface area contributed by atoms with E-state index in [1.54, 1.807) is 0 Å². The minimum atomic E-state index is -0.761. The second kappa shape index (κ2) is 3.88. The predicted molar refractivity (Wildman–Crippen MR) is 59.6 cm³/mol. The minimum Gasteiger partial charge on any atom is -0.394 e. The Morgan fingerprint density at radius 2 is 1.44 bits per heavy atom. The van der Waals surface area contributed by atoms with Crippen LogP contribution in [0, 0.1) is 0 Å². The molecule has 3 rings (SSSR count). The fourth-order valence-electron chi connectivity index (χ4n) is 2.87. The van der Waals surface area contributed by atoms with Crippen molar-refractivity contribution >= 4 is 0 Å². The van der Waals surface area contributed by atoms with Gasteiger partial charge < -0.3 is 28.8 Å². The molecule has 6 heteroatoms. The average molecular weight is 260 g/mol. The standard InChI is InChI=1S/C12H20O6/c1-11(2)15-6(5-13)7-8(16-11)9-10(14-7)18-12(3,4)17-9/h6-10,13H,5H2,1-4H3. The van der Waals surface area contributed by atoms with Gasteiger partial charge in [0, 0.05) is 0 Å². The summed E-state index contributed by atoms with van der Waals surface area (Å²) in [5, 5.41) is 9.39. The number of fused-ring (bicyclic) bond motifs is 3. The Labute approximate surface area is 106 Å². The van der Waals surface area contributed by atoms with E-state index < -0.39 is 24.0 Å². The molecular formula is C12H20O6. The van der Waals surface area contributed by atoms with Crippen molar-refractivity contribution in [1.82, 2.24) is 0 Å². The van der Waals surface area contributed by atoms with Crippen molar-refractivity contribution in [2.75, 3.05) is 6.61 Å². The lowest BCUT2D eigenvalue weighted by Gasteiger charge is -2.43. The molecule has 0 bridgehead atoms. The Hall–Kier alpha value is -0.240. The zero-order valence-electron chi connectivity index (χ0n) is 11.1. The van der Waals surface area contributed by atoms with Gasteiger partial charge in [-0.2, -0.15) is 0 Å². The Kier molecular flexibility index (Phi) is 2.75. The first-order chi connectivity index (χ1) is 8.31. The molecule has 3 heterocycles. The Morgan fingerprint density at radius 1 is 0.833 bits per heavy atom. The molecule has 0 amide bonds. The summed E-state index contributed by atoms with van der Waals surface area (Å²) in [7, 11) is 0. The highest BCUT2D eigenvalue weighted by Gasteiger charge is 2.60. The molecule has 0 aliphatic carbocycles. The van der Waals surface area contributed by atoms with Crippen LogP contribution in [0.25, 0.3) is 0 Å². The van der Waals surface area contributed by atoms with E-state index >= 15 is 0 Å². The van der Waals surface area contributed by atoms with Crippen LogP contribution in [0.3, 0.4) is 0 Å². The topological polar surface area (TPSA) is 66.4 Å². The first kappa shape index (κ1) is 12.8. The molecule has 0 aromatic heterocycles. The molecule has 3 aliphatic rings. The second-order valence-corrected chi connectivity index (χ2v) is 5.89. The van der Waals surface area contributed by atoms with Crippen molar-refractivity contribution in [3.63, 3.8) is 0 Å². The van der Waals surface area contributed by atoms with E-state index in [1.807, 2.05) is 27.7 Å². The third kappa shape index (κ3) is 1.97. The van der Waals surface area contributed by atoms with Crippen LogP contribution in [0.2, 0.25) is 0 Å². The second-order valence-electron chi connectivity index (χ2n) is 5.89. The smallest absolute Gasteiger partial charge is 0.190 e. The highest BCUT2D eigenvalue weighted by Crippen LogP contribution is 2.44. The zero-order chi connectivity index (χ0) is 13.1. The van der Waals surface area contributed by atoms with Gasteiger partial charge in [0.05, 0.1) is 6.61 Å². The van der Waals surface area contributed by atoms with Gasteiger partial charge >= 0.3 is 0 Å². The Bertz CT molecular complexity index is 341. The van der Waals surface area contributed by atoms with Gasteiger partial charge in [0.15, 0.2) is 17.9 Å². The van der Waals surface area contributed by atoms with Crippen molar-refractivity contribution in [2.24, 2.45) is 0 Å². The van der Waals surface area contributed by atoms with Crippen molar-refractivity contribution in [1.29, 1.82) is 0 Å². The maximum absolute atomic E-state index is 9.39. The normalized spacial score (nSPS) is 48.8. The average Bonchev–Trinajstić information content (AvgIpc) is 2.69. The van der Waals surface area contributed by atoms with E-state index in [4.69, 9.17) is 23.7 Å². The molecule has 3 saturated heterocycles. The fourth-order valence-corrected chi connectivity index (χ4v) is 2.87. The summed E-state index contributed by atoms with van der Waals surface area (Å²) in [5.41, 5.74) is 0. The van der Waals surface area contributed by atoms with E-state index in [0.29, 0.717) is 0 Å². The van der Waals surface area contributed by atoms with Crippen LogP contribution in [-0.2, 0) is 23.7 Å². The summed E-state index contributed by atoms with van der Waals surface area (Å²) in [4.78, 5) is 0. The largest absolute Gasteiger partial charge is 0.394 e. The molecule has 18 heavy (non-hydrogen) atoms. The van der Waals surface area contributed by atoms with Gasteiger partial charge in [0.2, 0.25) is 0 Å². The Balaban J connectivity index is 1.83. The lowest BCUT2D eigenvalue weighted by molar-refractivity contribution is -0.347. The first-order valence-electron chi connectivity index (χ1n) is 6.29. The van der Waals surface area contributed by atoms with Crippen molar-refractivity contribution in [3.05, 3.63) is 0 Å². The molecule has 0 aromatic rings. The fraction of sp³-hybridized carbons (Fsp3) is 1.00. The van der Waals surface area contributed by atoms with Crippen LogP contribution >= 0.6 is 0 Å². The number of rotatable bonds is 1. The molecule has 1 N–H and O–H groups in total. The van der Waals surface area contributed by atoms with Gasteiger partial charge in [-0.25, -0.2) is 0 Å². The van der Waals surface area contributed by atoms with E-state index in [0.717, 1.165) is 0 Å². The maximum atomic E-state index is 9.39. The third-order valence-electron chi connectivity index (χ3n) is 3.43. The summed E-state index contributed by atoms with van der Waals surface area (Å²) in [6.07, 6.45) is -1.78. The highest BCUT2D eigenvalue weighted by molar-refractivity contribution is 5.00. The number of aliphatic hydroxyl groups is 1. The van der Waals surface area contributed by atoms with Crippen LogP contribution in [0.5, 0.6) is 0 Å². The van der Waals surface area contributed by atoms with Gasteiger partial charge in [0.1, 0.15) is 24.4 Å². The minimum absolute atomic E-state index is 0.114. The van der Waals surface area contributed by atoms with Crippen LogP contribution in [0.4, 0.5) is 0 Å². The number of aliphatic hydroxyl groups excluding tert-OH is 1. The maximum Gasteiger partial charge on any atom is 0.190 e. The number of ether oxygens (including phenoxy) is 5.